The van der Waals surface area contributed by atoms with Gasteiger partial charge in [-0.25, -0.2) is 0 Å². The van der Waals surface area contributed by atoms with E-state index in [2.05, 4.69) is 0 Å². The molecule has 0 fully saturated rings. The molecule has 1 unspecified atom stereocenters. The fourth-order valence-corrected chi connectivity index (χ4v) is 2.78. The van der Waals surface area contributed by atoms with Gasteiger partial charge < -0.3 is 8.92 Å². The Balaban J connectivity index is 2.17. The molecule has 2 aromatic rings. The molecule has 0 aliphatic heterocycles. The lowest BCUT2D eigenvalue weighted by molar-refractivity contribution is -0.149. The standard InChI is InChI=1S/C16H14O6S/c1-12(18)21-16(11-17)13-7-9-14(10-8-13)22-23(19,20)15-5-3-2-4-6-15/h2-11,16H,1H3. The highest BCUT2D eigenvalue weighted by Gasteiger charge is 2.17. The highest BCUT2D eigenvalue weighted by Crippen LogP contribution is 2.22. The van der Waals surface area contributed by atoms with Gasteiger partial charge in [0.25, 0.3) is 0 Å². The lowest BCUT2D eigenvalue weighted by atomic mass is 10.1. The number of hydrogen-bond acceptors (Lipinski definition) is 6. The van der Waals surface area contributed by atoms with Crippen molar-refractivity contribution in [3.8, 4) is 5.75 Å². The van der Waals surface area contributed by atoms with Crippen molar-refractivity contribution < 1.29 is 26.9 Å². The molecule has 0 amide bonds. The van der Waals surface area contributed by atoms with Gasteiger partial charge >= 0.3 is 16.1 Å². The fourth-order valence-electron chi connectivity index (χ4n) is 1.83. The Labute approximate surface area is 133 Å². The van der Waals surface area contributed by atoms with E-state index in [9.17, 15) is 18.0 Å². The first-order valence-corrected chi connectivity index (χ1v) is 8.05. The summed E-state index contributed by atoms with van der Waals surface area (Å²) in [5.41, 5.74) is 0.416. The third-order valence-corrected chi connectivity index (χ3v) is 4.12. The zero-order chi connectivity index (χ0) is 16.9. The van der Waals surface area contributed by atoms with E-state index in [1.807, 2.05) is 0 Å². The molecule has 2 aromatic carbocycles. The van der Waals surface area contributed by atoms with Crippen LogP contribution in [0.1, 0.15) is 18.6 Å². The number of benzene rings is 2. The molecule has 0 spiro atoms. The van der Waals surface area contributed by atoms with Crippen LogP contribution in [0.25, 0.3) is 0 Å². The van der Waals surface area contributed by atoms with Crippen LogP contribution in [0.15, 0.2) is 59.5 Å². The zero-order valence-corrected chi connectivity index (χ0v) is 13.0. The summed E-state index contributed by atoms with van der Waals surface area (Å²) >= 11 is 0. The summed E-state index contributed by atoms with van der Waals surface area (Å²) in [6.07, 6.45) is -0.551. The topological polar surface area (TPSA) is 86.7 Å². The van der Waals surface area contributed by atoms with Crippen LogP contribution >= 0.6 is 0 Å². The minimum Gasteiger partial charge on any atom is -0.450 e. The highest BCUT2D eigenvalue weighted by molar-refractivity contribution is 7.87. The number of ether oxygens (including phenoxy) is 1. The number of aldehydes is 1. The van der Waals surface area contributed by atoms with Crippen LogP contribution in [0.3, 0.4) is 0 Å². The molecule has 7 heteroatoms. The Morgan fingerprint density at radius 1 is 1.04 bits per heavy atom. The quantitative estimate of drug-likeness (QED) is 0.457. The molecule has 0 bridgehead atoms. The van der Waals surface area contributed by atoms with Crippen LogP contribution in [0, 0.1) is 0 Å². The molecule has 0 N–H and O–H groups in total. The van der Waals surface area contributed by atoms with Gasteiger partial charge in [-0.15, -0.1) is 0 Å². The van der Waals surface area contributed by atoms with Gasteiger partial charge in [-0.05, 0) is 29.8 Å². The fraction of sp³-hybridized carbons (Fsp3) is 0.125. The van der Waals surface area contributed by atoms with Gasteiger partial charge in [-0.1, -0.05) is 30.3 Å². The minimum atomic E-state index is -3.93. The van der Waals surface area contributed by atoms with E-state index in [4.69, 9.17) is 8.92 Å². The molecule has 0 aliphatic rings. The Morgan fingerprint density at radius 3 is 2.17 bits per heavy atom. The van der Waals surface area contributed by atoms with E-state index in [0.29, 0.717) is 11.8 Å². The number of esters is 1. The third kappa shape index (κ3) is 4.40. The first-order valence-electron chi connectivity index (χ1n) is 6.64. The molecule has 0 saturated heterocycles. The number of carbonyl (C=O) groups excluding carboxylic acids is 2. The van der Waals surface area contributed by atoms with Gasteiger partial charge in [0.2, 0.25) is 0 Å². The van der Waals surface area contributed by atoms with E-state index in [-0.39, 0.29) is 10.6 Å². The summed E-state index contributed by atoms with van der Waals surface area (Å²) in [6.45, 7) is 1.19. The molecule has 0 heterocycles. The van der Waals surface area contributed by atoms with Gasteiger partial charge in [0, 0.05) is 6.92 Å². The molecule has 1 atom stereocenters. The van der Waals surface area contributed by atoms with Crippen molar-refractivity contribution in [3.05, 3.63) is 60.2 Å². The van der Waals surface area contributed by atoms with Gasteiger partial charge in [0.05, 0.1) is 0 Å². The summed E-state index contributed by atoms with van der Waals surface area (Å²) in [7, 11) is -3.93. The molecule has 6 nitrogen and oxygen atoms in total. The lowest BCUT2D eigenvalue weighted by Crippen LogP contribution is -2.11. The van der Waals surface area contributed by atoms with Crippen molar-refractivity contribution in [2.45, 2.75) is 17.9 Å². The molecule has 120 valence electrons. The van der Waals surface area contributed by atoms with E-state index < -0.39 is 22.2 Å². The Kier molecular flexibility index (Phi) is 5.13. The van der Waals surface area contributed by atoms with Gasteiger partial charge in [-0.2, -0.15) is 8.42 Å². The smallest absolute Gasteiger partial charge is 0.339 e. The number of carbonyl (C=O) groups is 2. The second-order valence-electron chi connectivity index (χ2n) is 4.59. The summed E-state index contributed by atoms with van der Waals surface area (Å²) in [4.78, 5) is 21.9. The minimum absolute atomic E-state index is 0.0368. The van der Waals surface area contributed by atoms with Crippen molar-refractivity contribution in [1.82, 2.24) is 0 Å². The van der Waals surface area contributed by atoms with Crippen LogP contribution in [-0.2, 0) is 24.4 Å². The van der Waals surface area contributed by atoms with E-state index in [0.717, 1.165) is 0 Å². The molecule has 0 radical (unpaired) electrons. The second kappa shape index (κ2) is 7.06. The van der Waals surface area contributed by atoms with Crippen molar-refractivity contribution in [2.75, 3.05) is 0 Å². The summed E-state index contributed by atoms with van der Waals surface area (Å²) in [5.74, 6) is -0.501. The van der Waals surface area contributed by atoms with E-state index >= 15 is 0 Å². The van der Waals surface area contributed by atoms with Crippen molar-refractivity contribution in [1.29, 1.82) is 0 Å². The van der Waals surface area contributed by atoms with Crippen LogP contribution in [0.2, 0.25) is 0 Å². The van der Waals surface area contributed by atoms with E-state index in [1.165, 1.54) is 43.3 Å². The predicted molar refractivity (Wildman–Crippen MR) is 81.3 cm³/mol. The largest absolute Gasteiger partial charge is 0.450 e. The maximum atomic E-state index is 12.1. The van der Waals surface area contributed by atoms with Crippen LogP contribution < -0.4 is 4.18 Å². The normalized spacial score (nSPS) is 12.2. The molecule has 0 aliphatic carbocycles. The molecular weight excluding hydrogens is 320 g/mol. The average molecular weight is 334 g/mol. The molecular formula is C16H14O6S. The predicted octanol–water partition coefficient (Wildman–Crippen LogP) is 2.26. The molecule has 0 aromatic heterocycles. The molecule has 23 heavy (non-hydrogen) atoms. The van der Waals surface area contributed by atoms with Crippen LogP contribution in [0.5, 0.6) is 5.75 Å². The van der Waals surface area contributed by atoms with Crippen molar-refractivity contribution >= 4 is 22.4 Å². The molecule has 2 rings (SSSR count). The second-order valence-corrected chi connectivity index (χ2v) is 6.13. The Hall–Kier alpha value is -2.67. The maximum Gasteiger partial charge on any atom is 0.339 e. The number of rotatable bonds is 6. The summed E-state index contributed by atoms with van der Waals surface area (Å²) < 4.78 is 34.0. The molecule has 0 saturated carbocycles. The van der Waals surface area contributed by atoms with Gasteiger partial charge in [0.15, 0.2) is 12.4 Å². The van der Waals surface area contributed by atoms with Gasteiger partial charge in [-0.3, -0.25) is 9.59 Å². The summed E-state index contributed by atoms with van der Waals surface area (Å²) in [6, 6.07) is 13.4. The first kappa shape index (κ1) is 16.7. The Bertz CT molecular complexity index is 781. The van der Waals surface area contributed by atoms with Crippen molar-refractivity contribution in [3.63, 3.8) is 0 Å². The summed E-state index contributed by atoms with van der Waals surface area (Å²) in [5, 5.41) is 0. The van der Waals surface area contributed by atoms with Gasteiger partial charge in [0.1, 0.15) is 10.6 Å². The maximum absolute atomic E-state index is 12.1. The van der Waals surface area contributed by atoms with Crippen molar-refractivity contribution in [2.24, 2.45) is 0 Å². The van der Waals surface area contributed by atoms with E-state index in [1.54, 1.807) is 18.2 Å². The third-order valence-electron chi connectivity index (χ3n) is 2.86. The first-order chi connectivity index (χ1) is 10.9. The Morgan fingerprint density at radius 2 is 1.65 bits per heavy atom. The monoisotopic (exact) mass is 334 g/mol. The highest BCUT2D eigenvalue weighted by atomic mass is 32.2. The lowest BCUT2D eigenvalue weighted by Gasteiger charge is -2.12. The zero-order valence-electron chi connectivity index (χ0n) is 12.2. The van der Waals surface area contributed by atoms with Crippen LogP contribution in [-0.4, -0.2) is 20.7 Å². The number of hydrogen-bond donors (Lipinski definition) is 0. The SMILES string of the molecule is CC(=O)OC(C=O)c1ccc(OS(=O)(=O)c2ccccc2)cc1. The van der Waals surface area contributed by atoms with Crippen LogP contribution in [0.4, 0.5) is 0 Å². The average Bonchev–Trinajstić information content (AvgIpc) is 2.54.